The first-order valence-electron chi connectivity index (χ1n) is 5.57. The second-order valence-corrected chi connectivity index (χ2v) is 4.70. The fourth-order valence-corrected chi connectivity index (χ4v) is 2.29. The summed E-state index contributed by atoms with van der Waals surface area (Å²) in [6.07, 6.45) is 0.415. The number of rotatable bonds is 4. The predicted molar refractivity (Wildman–Crippen MR) is 72.1 cm³/mol. The second kappa shape index (κ2) is 5.37. The Balaban J connectivity index is 2.57. The standard InChI is InChI=1S/C11H9BrN4O4/c1-2-8-10(11(17)18)13-14-15(8)9-4-3-6(16(19)20)5-7(9)12/h3-5H,2H2,1H3,(H,17,18). The molecule has 8 nitrogen and oxygen atoms in total. The molecule has 0 saturated heterocycles. The number of aromatic nitrogens is 3. The van der Waals surface area contributed by atoms with Crippen molar-refractivity contribution in [1.29, 1.82) is 0 Å². The summed E-state index contributed by atoms with van der Waals surface area (Å²) < 4.78 is 1.79. The van der Waals surface area contributed by atoms with Gasteiger partial charge in [0.25, 0.3) is 5.69 Å². The van der Waals surface area contributed by atoms with E-state index in [1.165, 1.54) is 22.9 Å². The summed E-state index contributed by atoms with van der Waals surface area (Å²) in [6, 6.07) is 4.14. The average molecular weight is 341 g/mol. The molecule has 1 aromatic heterocycles. The van der Waals surface area contributed by atoms with E-state index in [-0.39, 0.29) is 11.4 Å². The minimum Gasteiger partial charge on any atom is -0.476 e. The number of nitrogens with zero attached hydrogens (tertiary/aromatic N) is 4. The molecule has 1 heterocycles. The van der Waals surface area contributed by atoms with E-state index < -0.39 is 10.9 Å². The minimum atomic E-state index is -1.16. The van der Waals surface area contributed by atoms with Gasteiger partial charge in [0.15, 0.2) is 5.69 Å². The van der Waals surface area contributed by atoms with E-state index in [0.717, 1.165) is 0 Å². The monoisotopic (exact) mass is 340 g/mol. The molecule has 2 aromatic rings. The van der Waals surface area contributed by atoms with Gasteiger partial charge in [0.05, 0.1) is 20.8 Å². The first kappa shape index (κ1) is 14.1. The Morgan fingerprint density at radius 2 is 2.25 bits per heavy atom. The van der Waals surface area contributed by atoms with Crippen LogP contribution < -0.4 is 0 Å². The van der Waals surface area contributed by atoms with Gasteiger partial charge < -0.3 is 5.11 Å². The highest BCUT2D eigenvalue weighted by Gasteiger charge is 2.20. The normalized spacial score (nSPS) is 10.5. The first-order chi connectivity index (χ1) is 9.45. The van der Waals surface area contributed by atoms with E-state index in [1.54, 1.807) is 6.92 Å². The van der Waals surface area contributed by atoms with Gasteiger partial charge in [-0.05, 0) is 28.4 Å². The lowest BCUT2D eigenvalue weighted by Gasteiger charge is -2.07. The minimum absolute atomic E-state index is 0.0720. The highest BCUT2D eigenvalue weighted by Crippen LogP contribution is 2.27. The van der Waals surface area contributed by atoms with Crippen LogP contribution in [0.2, 0.25) is 0 Å². The number of hydrogen-bond donors (Lipinski definition) is 1. The number of carbonyl (C=O) groups is 1. The lowest BCUT2D eigenvalue weighted by molar-refractivity contribution is -0.384. The Bertz CT molecular complexity index is 698. The van der Waals surface area contributed by atoms with Crippen LogP contribution in [-0.2, 0) is 6.42 Å². The van der Waals surface area contributed by atoms with Crippen LogP contribution >= 0.6 is 15.9 Å². The fraction of sp³-hybridized carbons (Fsp3) is 0.182. The van der Waals surface area contributed by atoms with Crippen LogP contribution in [0.1, 0.15) is 23.1 Å². The molecule has 0 spiro atoms. The van der Waals surface area contributed by atoms with Crippen molar-refractivity contribution < 1.29 is 14.8 Å². The third-order valence-electron chi connectivity index (χ3n) is 2.67. The third-order valence-corrected chi connectivity index (χ3v) is 3.31. The highest BCUT2D eigenvalue weighted by molar-refractivity contribution is 9.10. The summed E-state index contributed by atoms with van der Waals surface area (Å²) in [5.41, 5.74) is 0.717. The van der Waals surface area contributed by atoms with E-state index in [4.69, 9.17) is 5.11 Å². The topological polar surface area (TPSA) is 111 Å². The Morgan fingerprint density at radius 1 is 1.55 bits per heavy atom. The van der Waals surface area contributed by atoms with Gasteiger partial charge in [0.1, 0.15) is 0 Å². The maximum Gasteiger partial charge on any atom is 0.358 e. The van der Waals surface area contributed by atoms with Crippen LogP contribution in [-0.4, -0.2) is 31.0 Å². The lowest BCUT2D eigenvalue weighted by Crippen LogP contribution is -2.06. The van der Waals surface area contributed by atoms with E-state index in [9.17, 15) is 14.9 Å². The molecule has 9 heteroatoms. The first-order valence-corrected chi connectivity index (χ1v) is 6.37. The van der Waals surface area contributed by atoms with Crippen molar-refractivity contribution in [2.45, 2.75) is 13.3 Å². The maximum absolute atomic E-state index is 11.0. The van der Waals surface area contributed by atoms with Crippen molar-refractivity contribution in [3.8, 4) is 5.69 Å². The van der Waals surface area contributed by atoms with Crippen LogP contribution in [0.3, 0.4) is 0 Å². The lowest BCUT2D eigenvalue weighted by atomic mass is 10.2. The Labute approximate surface area is 121 Å². The number of carboxylic acids is 1. The molecule has 0 bridgehead atoms. The Hall–Kier alpha value is -2.29. The quantitative estimate of drug-likeness (QED) is 0.674. The van der Waals surface area contributed by atoms with E-state index in [1.807, 2.05) is 0 Å². The molecule has 0 aliphatic carbocycles. The fourth-order valence-electron chi connectivity index (χ4n) is 1.76. The van der Waals surface area contributed by atoms with E-state index in [0.29, 0.717) is 22.3 Å². The molecule has 0 aliphatic rings. The van der Waals surface area contributed by atoms with Crippen LogP contribution in [0.5, 0.6) is 0 Å². The molecule has 2 rings (SSSR count). The van der Waals surface area contributed by atoms with Gasteiger partial charge in [-0.2, -0.15) is 0 Å². The van der Waals surface area contributed by atoms with Gasteiger partial charge in [-0.1, -0.05) is 12.1 Å². The van der Waals surface area contributed by atoms with Gasteiger partial charge in [0.2, 0.25) is 0 Å². The summed E-state index contributed by atoms with van der Waals surface area (Å²) in [7, 11) is 0. The number of nitro benzene ring substituents is 1. The van der Waals surface area contributed by atoms with Crippen LogP contribution in [0.15, 0.2) is 22.7 Å². The molecule has 0 amide bonds. The van der Waals surface area contributed by atoms with Crippen molar-refractivity contribution in [2.24, 2.45) is 0 Å². The maximum atomic E-state index is 11.0. The number of halogens is 1. The largest absolute Gasteiger partial charge is 0.476 e. The zero-order valence-corrected chi connectivity index (χ0v) is 11.9. The predicted octanol–water partition coefficient (Wildman–Crippen LogP) is 2.20. The molecule has 1 aromatic carbocycles. The van der Waals surface area contributed by atoms with Gasteiger partial charge in [0, 0.05) is 12.1 Å². The second-order valence-electron chi connectivity index (χ2n) is 3.85. The summed E-state index contributed by atoms with van der Waals surface area (Å²) in [4.78, 5) is 21.2. The molecule has 0 radical (unpaired) electrons. The molecule has 0 aliphatic heterocycles. The van der Waals surface area contributed by atoms with Crippen molar-refractivity contribution in [1.82, 2.24) is 15.0 Å². The molecular weight excluding hydrogens is 332 g/mol. The Kier molecular flexibility index (Phi) is 3.79. The van der Waals surface area contributed by atoms with Crippen molar-refractivity contribution >= 4 is 27.6 Å². The van der Waals surface area contributed by atoms with Gasteiger partial charge >= 0.3 is 5.97 Å². The van der Waals surface area contributed by atoms with E-state index in [2.05, 4.69) is 26.2 Å². The van der Waals surface area contributed by atoms with Crippen LogP contribution in [0.4, 0.5) is 5.69 Å². The molecule has 104 valence electrons. The number of benzene rings is 1. The summed E-state index contributed by atoms with van der Waals surface area (Å²) in [5.74, 6) is -1.16. The zero-order chi connectivity index (χ0) is 14.9. The van der Waals surface area contributed by atoms with Crippen molar-refractivity contribution in [3.05, 3.63) is 44.2 Å². The summed E-state index contributed by atoms with van der Waals surface area (Å²) in [6.45, 7) is 1.78. The van der Waals surface area contributed by atoms with Gasteiger partial charge in [-0.15, -0.1) is 5.10 Å². The number of aromatic carboxylic acids is 1. The van der Waals surface area contributed by atoms with Gasteiger partial charge in [-0.25, -0.2) is 9.48 Å². The van der Waals surface area contributed by atoms with Crippen molar-refractivity contribution in [3.63, 3.8) is 0 Å². The molecule has 1 N–H and O–H groups in total. The smallest absolute Gasteiger partial charge is 0.358 e. The average Bonchev–Trinajstić information content (AvgIpc) is 2.82. The van der Waals surface area contributed by atoms with E-state index >= 15 is 0 Å². The number of hydrogen-bond acceptors (Lipinski definition) is 5. The SMILES string of the molecule is CCc1c(C(=O)O)nnn1-c1ccc([N+](=O)[O-])cc1Br. The third kappa shape index (κ3) is 2.39. The van der Waals surface area contributed by atoms with Crippen LogP contribution in [0.25, 0.3) is 5.69 Å². The number of nitro groups is 1. The summed E-state index contributed by atoms with van der Waals surface area (Å²) >= 11 is 3.22. The van der Waals surface area contributed by atoms with Crippen molar-refractivity contribution in [2.75, 3.05) is 0 Å². The molecule has 0 unspecified atom stereocenters. The molecule has 0 fully saturated rings. The van der Waals surface area contributed by atoms with Gasteiger partial charge in [-0.3, -0.25) is 10.1 Å². The molecule has 0 atom stereocenters. The zero-order valence-electron chi connectivity index (χ0n) is 10.3. The Morgan fingerprint density at radius 3 is 2.75 bits per heavy atom. The molecule has 0 saturated carbocycles. The van der Waals surface area contributed by atoms with Crippen LogP contribution in [0, 0.1) is 10.1 Å². The molecular formula is C11H9BrN4O4. The summed E-state index contributed by atoms with van der Waals surface area (Å²) in [5, 5.41) is 27.1. The highest BCUT2D eigenvalue weighted by atomic mass is 79.9. The number of carboxylic acid groups (broad SMARTS) is 1. The number of non-ortho nitro benzene ring substituents is 1. The molecule has 20 heavy (non-hydrogen) atoms.